The number of aromatic nitrogens is 2. The predicted octanol–water partition coefficient (Wildman–Crippen LogP) is 3.91. The van der Waals surface area contributed by atoms with Crippen molar-refractivity contribution in [1.29, 1.82) is 0 Å². The molecule has 0 unspecified atom stereocenters. The smallest absolute Gasteiger partial charge is 0.305 e. The molecule has 0 spiro atoms. The normalized spacial score (nSPS) is 12.3. The van der Waals surface area contributed by atoms with Crippen LogP contribution in [0, 0.1) is 0 Å². The Morgan fingerprint density at radius 3 is 2.56 bits per heavy atom. The van der Waals surface area contributed by atoms with Gasteiger partial charge in [0.25, 0.3) is 0 Å². The van der Waals surface area contributed by atoms with Crippen molar-refractivity contribution in [3.8, 4) is 0 Å². The second-order valence-corrected chi connectivity index (χ2v) is 3.99. The van der Waals surface area contributed by atoms with Gasteiger partial charge in [0.2, 0.25) is 5.28 Å². The van der Waals surface area contributed by atoms with Crippen molar-refractivity contribution >= 4 is 34.2 Å². The Hall–Kier alpha value is -0.940. The SMILES string of the molecule is FC(F)(F)Cn1c(Cl)nc2cc(Cl)ccc21. The van der Waals surface area contributed by atoms with Gasteiger partial charge in [-0.05, 0) is 29.8 Å². The number of benzene rings is 1. The van der Waals surface area contributed by atoms with Crippen LogP contribution in [0.5, 0.6) is 0 Å². The van der Waals surface area contributed by atoms with Crippen LogP contribution in [0.3, 0.4) is 0 Å². The van der Waals surface area contributed by atoms with Crippen molar-refractivity contribution in [2.45, 2.75) is 12.7 Å². The second kappa shape index (κ2) is 3.82. The fourth-order valence-electron chi connectivity index (χ4n) is 1.40. The maximum atomic E-state index is 12.3. The Morgan fingerprint density at radius 1 is 1.25 bits per heavy atom. The van der Waals surface area contributed by atoms with Crippen molar-refractivity contribution in [3.05, 3.63) is 28.5 Å². The molecule has 1 aromatic carbocycles. The zero-order valence-corrected chi connectivity index (χ0v) is 9.24. The third-order valence-corrected chi connectivity index (χ3v) is 2.52. The third kappa shape index (κ3) is 2.25. The fourth-order valence-corrected chi connectivity index (χ4v) is 1.81. The van der Waals surface area contributed by atoms with Gasteiger partial charge in [0.05, 0.1) is 11.0 Å². The van der Waals surface area contributed by atoms with Gasteiger partial charge in [-0.3, -0.25) is 0 Å². The van der Waals surface area contributed by atoms with Gasteiger partial charge in [-0.1, -0.05) is 11.6 Å². The van der Waals surface area contributed by atoms with Gasteiger partial charge in [0.1, 0.15) is 6.54 Å². The van der Waals surface area contributed by atoms with E-state index in [0.717, 1.165) is 4.57 Å². The maximum absolute atomic E-state index is 12.3. The molecule has 16 heavy (non-hydrogen) atoms. The van der Waals surface area contributed by atoms with E-state index in [4.69, 9.17) is 23.2 Å². The highest BCUT2D eigenvalue weighted by Crippen LogP contribution is 2.27. The van der Waals surface area contributed by atoms with Gasteiger partial charge in [-0.25, -0.2) is 4.98 Å². The van der Waals surface area contributed by atoms with E-state index in [1.807, 2.05) is 0 Å². The molecule has 2 rings (SSSR count). The van der Waals surface area contributed by atoms with Crippen LogP contribution in [0.2, 0.25) is 10.3 Å². The summed E-state index contributed by atoms with van der Waals surface area (Å²) in [5.74, 6) is 0. The average molecular weight is 269 g/mol. The Kier molecular flexibility index (Phi) is 2.75. The summed E-state index contributed by atoms with van der Waals surface area (Å²) >= 11 is 11.3. The minimum absolute atomic E-state index is 0.199. The molecule has 0 bridgehead atoms. The summed E-state index contributed by atoms with van der Waals surface area (Å²) in [6.45, 7) is -1.16. The van der Waals surface area contributed by atoms with Crippen LogP contribution >= 0.6 is 23.2 Å². The van der Waals surface area contributed by atoms with Gasteiger partial charge in [-0.2, -0.15) is 13.2 Å². The number of halogens is 5. The molecule has 0 aliphatic heterocycles. The summed E-state index contributed by atoms with van der Waals surface area (Å²) < 4.78 is 37.7. The van der Waals surface area contributed by atoms with Crippen molar-refractivity contribution in [1.82, 2.24) is 9.55 Å². The van der Waals surface area contributed by atoms with E-state index in [1.54, 1.807) is 0 Å². The van der Waals surface area contributed by atoms with Crippen molar-refractivity contribution in [2.24, 2.45) is 0 Å². The number of hydrogen-bond acceptors (Lipinski definition) is 1. The molecule has 0 fully saturated rings. The van der Waals surface area contributed by atoms with E-state index in [9.17, 15) is 13.2 Å². The summed E-state index contributed by atoms with van der Waals surface area (Å²) in [6, 6.07) is 4.42. The monoisotopic (exact) mass is 268 g/mol. The summed E-state index contributed by atoms with van der Waals surface area (Å²) in [4.78, 5) is 3.80. The lowest BCUT2D eigenvalue weighted by Crippen LogP contribution is -2.17. The van der Waals surface area contributed by atoms with E-state index in [-0.39, 0.29) is 5.28 Å². The first-order valence-corrected chi connectivity index (χ1v) is 5.00. The predicted molar refractivity (Wildman–Crippen MR) is 55.8 cm³/mol. The topological polar surface area (TPSA) is 17.8 Å². The van der Waals surface area contributed by atoms with Crippen molar-refractivity contribution in [3.63, 3.8) is 0 Å². The van der Waals surface area contributed by atoms with Crippen molar-refractivity contribution < 1.29 is 13.2 Å². The van der Waals surface area contributed by atoms with Crippen LogP contribution in [-0.2, 0) is 6.54 Å². The molecule has 0 radical (unpaired) electrons. The molecule has 0 saturated heterocycles. The van der Waals surface area contributed by atoms with E-state index < -0.39 is 12.7 Å². The first-order valence-electron chi connectivity index (χ1n) is 4.25. The standard InChI is InChI=1S/C9H5Cl2F3N2/c10-5-1-2-7-6(3-5)15-8(11)16(7)4-9(12,13)14/h1-3H,4H2. The first kappa shape index (κ1) is 11.5. The number of rotatable bonds is 1. The van der Waals surface area contributed by atoms with Gasteiger partial charge in [0.15, 0.2) is 0 Å². The minimum atomic E-state index is -4.34. The molecule has 1 aromatic heterocycles. The van der Waals surface area contributed by atoms with Gasteiger partial charge in [-0.15, -0.1) is 0 Å². The molecule has 86 valence electrons. The lowest BCUT2D eigenvalue weighted by atomic mass is 10.3. The minimum Gasteiger partial charge on any atom is -0.305 e. The number of imidazole rings is 1. The summed E-state index contributed by atoms with van der Waals surface area (Å²) in [7, 11) is 0. The van der Waals surface area contributed by atoms with Crippen LogP contribution < -0.4 is 0 Å². The molecular formula is C9H5Cl2F3N2. The van der Waals surface area contributed by atoms with Gasteiger partial charge in [0, 0.05) is 5.02 Å². The number of alkyl halides is 3. The largest absolute Gasteiger partial charge is 0.406 e. The first-order chi connectivity index (χ1) is 7.37. The van der Waals surface area contributed by atoms with E-state index in [0.29, 0.717) is 16.1 Å². The molecule has 0 N–H and O–H groups in total. The molecule has 0 amide bonds. The Bertz CT molecular complexity index is 533. The molecule has 1 heterocycles. The highest BCUT2D eigenvalue weighted by atomic mass is 35.5. The van der Waals surface area contributed by atoms with Crippen LogP contribution in [0.1, 0.15) is 0 Å². The average Bonchev–Trinajstić information content (AvgIpc) is 2.40. The zero-order valence-electron chi connectivity index (χ0n) is 7.72. The Morgan fingerprint density at radius 2 is 1.94 bits per heavy atom. The summed E-state index contributed by atoms with van der Waals surface area (Å²) in [5, 5.41) is 0.204. The molecule has 7 heteroatoms. The van der Waals surface area contributed by atoms with Crippen LogP contribution in [-0.4, -0.2) is 15.7 Å². The molecule has 2 aromatic rings. The van der Waals surface area contributed by atoms with E-state index in [1.165, 1.54) is 18.2 Å². The quantitative estimate of drug-likeness (QED) is 0.767. The lowest BCUT2D eigenvalue weighted by molar-refractivity contribution is -0.139. The molecule has 0 aliphatic carbocycles. The van der Waals surface area contributed by atoms with Crippen LogP contribution in [0.15, 0.2) is 18.2 Å². The molecular weight excluding hydrogens is 264 g/mol. The second-order valence-electron chi connectivity index (χ2n) is 3.22. The number of hydrogen-bond donors (Lipinski definition) is 0. The third-order valence-electron chi connectivity index (χ3n) is 2.00. The van der Waals surface area contributed by atoms with E-state index in [2.05, 4.69) is 4.98 Å². The fraction of sp³-hybridized carbons (Fsp3) is 0.222. The Labute approximate surface area is 98.6 Å². The lowest BCUT2D eigenvalue weighted by Gasteiger charge is -2.08. The number of fused-ring (bicyclic) bond motifs is 1. The highest BCUT2D eigenvalue weighted by molar-refractivity contribution is 6.31. The maximum Gasteiger partial charge on any atom is 0.406 e. The van der Waals surface area contributed by atoms with Gasteiger partial charge >= 0.3 is 6.18 Å². The van der Waals surface area contributed by atoms with Gasteiger partial charge < -0.3 is 4.57 Å². The number of nitrogens with zero attached hydrogens (tertiary/aromatic N) is 2. The zero-order chi connectivity index (χ0) is 11.9. The summed E-state index contributed by atoms with van der Waals surface area (Å²) in [6.07, 6.45) is -4.34. The molecule has 0 atom stereocenters. The van der Waals surface area contributed by atoms with Crippen LogP contribution in [0.25, 0.3) is 11.0 Å². The summed E-state index contributed by atoms with van der Waals surface area (Å²) in [5.41, 5.74) is 0.661. The molecule has 2 nitrogen and oxygen atoms in total. The molecule has 0 saturated carbocycles. The van der Waals surface area contributed by atoms with Crippen LogP contribution in [0.4, 0.5) is 13.2 Å². The highest BCUT2D eigenvalue weighted by Gasteiger charge is 2.30. The van der Waals surface area contributed by atoms with E-state index >= 15 is 0 Å². The van der Waals surface area contributed by atoms with Crippen molar-refractivity contribution in [2.75, 3.05) is 0 Å². The molecule has 0 aliphatic rings. The Balaban J connectivity index is 2.56.